The van der Waals surface area contributed by atoms with Crippen LogP contribution < -0.4 is 4.74 Å². The van der Waals surface area contributed by atoms with Gasteiger partial charge in [-0.3, -0.25) is 4.79 Å². The number of carbonyl (C=O) groups is 1. The van der Waals surface area contributed by atoms with Crippen molar-refractivity contribution < 1.29 is 22.7 Å². The molecule has 0 saturated carbocycles. The molecular formula is C13H10F3NO2S. The molecule has 0 bridgehead atoms. The van der Waals surface area contributed by atoms with Gasteiger partial charge < -0.3 is 4.74 Å². The number of methoxy groups -OCH3 is 1. The number of para-hydroxylation sites is 1. The lowest BCUT2D eigenvalue weighted by molar-refractivity contribution is -0.137. The first-order valence-electron chi connectivity index (χ1n) is 5.60. The fourth-order valence-electron chi connectivity index (χ4n) is 1.64. The summed E-state index contributed by atoms with van der Waals surface area (Å²) in [6.45, 7) is 0. The Bertz CT molecular complexity index is 622. The Labute approximate surface area is 117 Å². The van der Waals surface area contributed by atoms with E-state index < -0.39 is 17.0 Å². The number of hydrogen-bond donors (Lipinski definition) is 0. The Morgan fingerprint density at radius 2 is 2.05 bits per heavy atom. The number of benzene rings is 1. The number of aromatic nitrogens is 1. The molecule has 1 aromatic heterocycles. The molecule has 0 aliphatic heterocycles. The topological polar surface area (TPSA) is 39.2 Å². The molecule has 7 heteroatoms. The summed E-state index contributed by atoms with van der Waals surface area (Å²) in [5.74, 6) is 0.115. The zero-order valence-electron chi connectivity index (χ0n) is 10.4. The van der Waals surface area contributed by atoms with E-state index in [-0.39, 0.29) is 11.3 Å². The summed E-state index contributed by atoms with van der Waals surface area (Å²) in [5, 5.41) is -1.01. The third-order valence-corrected chi connectivity index (χ3v) is 3.65. The number of ketones is 1. The highest BCUT2D eigenvalue weighted by atomic mass is 32.1. The largest absolute Gasteiger partial charge is 0.496 e. The molecule has 0 atom stereocenters. The van der Waals surface area contributed by atoms with Crippen molar-refractivity contribution >= 4 is 17.1 Å². The Hall–Kier alpha value is -1.89. The van der Waals surface area contributed by atoms with Crippen molar-refractivity contribution in [2.45, 2.75) is 12.6 Å². The molecular weight excluding hydrogens is 291 g/mol. The number of Topliss-reactive ketones (excluding diaryl/α,β-unsaturated/α-hetero) is 1. The average Bonchev–Trinajstić information content (AvgIpc) is 2.89. The van der Waals surface area contributed by atoms with Crippen molar-refractivity contribution in [1.29, 1.82) is 0 Å². The second kappa shape index (κ2) is 5.62. The minimum Gasteiger partial charge on any atom is -0.496 e. The highest BCUT2D eigenvalue weighted by molar-refractivity contribution is 7.13. The van der Waals surface area contributed by atoms with E-state index in [4.69, 9.17) is 4.74 Å². The molecule has 1 heterocycles. The lowest BCUT2D eigenvalue weighted by Gasteiger charge is -2.06. The standard InChI is InChI=1S/C13H10F3NO2S/c1-19-10-5-3-2-4-8(10)6-9(18)11-7-17-12(20-11)13(14,15)16/h2-5,7H,6H2,1H3. The molecule has 0 radical (unpaired) electrons. The molecule has 0 amide bonds. The summed E-state index contributed by atoms with van der Waals surface area (Å²) >= 11 is 0.354. The van der Waals surface area contributed by atoms with Crippen LogP contribution in [0.4, 0.5) is 13.2 Å². The molecule has 0 aliphatic carbocycles. The maximum atomic E-state index is 12.4. The first-order chi connectivity index (χ1) is 9.41. The fraction of sp³-hybridized carbons (Fsp3) is 0.231. The van der Waals surface area contributed by atoms with E-state index >= 15 is 0 Å². The molecule has 2 rings (SSSR count). The lowest BCUT2D eigenvalue weighted by atomic mass is 10.1. The molecule has 3 nitrogen and oxygen atoms in total. The molecule has 0 spiro atoms. The zero-order valence-corrected chi connectivity index (χ0v) is 11.2. The van der Waals surface area contributed by atoms with Gasteiger partial charge in [-0.2, -0.15) is 13.2 Å². The zero-order chi connectivity index (χ0) is 14.8. The van der Waals surface area contributed by atoms with E-state index in [2.05, 4.69) is 4.98 Å². The highest BCUT2D eigenvalue weighted by Gasteiger charge is 2.35. The van der Waals surface area contributed by atoms with Gasteiger partial charge in [-0.25, -0.2) is 4.98 Å². The number of ether oxygens (including phenoxy) is 1. The van der Waals surface area contributed by atoms with E-state index in [9.17, 15) is 18.0 Å². The van der Waals surface area contributed by atoms with E-state index in [1.807, 2.05) is 0 Å². The van der Waals surface area contributed by atoms with Gasteiger partial charge in [-0.15, -0.1) is 11.3 Å². The van der Waals surface area contributed by atoms with Crippen LogP contribution in [-0.4, -0.2) is 17.9 Å². The molecule has 20 heavy (non-hydrogen) atoms. The van der Waals surface area contributed by atoms with Crippen LogP contribution in [0.3, 0.4) is 0 Å². The van der Waals surface area contributed by atoms with Crippen LogP contribution in [0.25, 0.3) is 0 Å². The molecule has 0 aliphatic rings. The molecule has 0 N–H and O–H groups in total. The molecule has 1 aromatic carbocycles. The second-order valence-corrected chi connectivity index (χ2v) is 4.97. The van der Waals surface area contributed by atoms with Crippen LogP contribution >= 0.6 is 11.3 Å². The van der Waals surface area contributed by atoms with Gasteiger partial charge in [0.15, 0.2) is 10.8 Å². The van der Waals surface area contributed by atoms with Crippen molar-refractivity contribution in [3.63, 3.8) is 0 Å². The van der Waals surface area contributed by atoms with Gasteiger partial charge in [0, 0.05) is 18.2 Å². The Kier molecular flexibility index (Phi) is 4.08. The van der Waals surface area contributed by atoms with Crippen LogP contribution in [0.5, 0.6) is 5.75 Å². The minimum absolute atomic E-state index is 0.0109. The van der Waals surface area contributed by atoms with Crippen LogP contribution in [0, 0.1) is 0 Å². The van der Waals surface area contributed by atoms with Crippen LogP contribution in [0.1, 0.15) is 20.2 Å². The summed E-state index contributed by atoms with van der Waals surface area (Å²) in [6, 6.07) is 6.87. The molecule has 0 fully saturated rings. The minimum atomic E-state index is -4.52. The summed E-state index contributed by atoms with van der Waals surface area (Å²) in [7, 11) is 1.47. The van der Waals surface area contributed by atoms with E-state index in [1.54, 1.807) is 24.3 Å². The molecule has 0 unspecified atom stereocenters. The molecule has 2 aromatic rings. The van der Waals surface area contributed by atoms with Crippen molar-refractivity contribution in [3.05, 3.63) is 45.9 Å². The third kappa shape index (κ3) is 3.16. The first-order valence-corrected chi connectivity index (χ1v) is 6.41. The maximum Gasteiger partial charge on any atom is 0.443 e. The van der Waals surface area contributed by atoms with Gasteiger partial charge in [0.05, 0.1) is 12.0 Å². The number of thiazole rings is 1. The number of alkyl halides is 3. The van der Waals surface area contributed by atoms with Crippen LogP contribution in [0.15, 0.2) is 30.5 Å². The van der Waals surface area contributed by atoms with Gasteiger partial charge in [0.1, 0.15) is 5.75 Å². The van der Waals surface area contributed by atoms with Crippen molar-refractivity contribution in [1.82, 2.24) is 4.98 Å². The number of carbonyl (C=O) groups excluding carboxylic acids is 1. The van der Waals surface area contributed by atoms with E-state index in [0.29, 0.717) is 22.6 Å². The van der Waals surface area contributed by atoms with Crippen molar-refractivity contribution in [2.24, 2.45) is 0 Å². The van der Waals surface area contributed by atoms with Gasteiger partial charge in [-0.1, -0.05) is 18.2 Å². The first kappa shape index (κ1) is 14.5. The SMILES string of the molecule is COc1ccccc1CC(=O)c1cnc(C(F)(F)F)s1. The summed E-state index contributed by atoms with van der Waals surface area (Å²) in [4.78, 5) is 15.2. The third-order valence-electron chi connectivity index (χ3n) is 2.57. The van der Waals surface area contributed by atoms with Crippen LogP contribution in [-0.2, 0) is 12.6 Å². The Morgan fingerprint density at radius 3 is 2.65 bits per heavy atom. The van der Waals surface area contributed by atoms with Crippen molar-refractivity contribution in [2.75, 3.05) is 7.11 Å². The predicted molar refractivity (Wildman–Crippen MR) is 68.1 cm³/mol. The van der Waals surface area contributed by atoms with Gasteiger partial charge in [-0.05, 0) is 6.07 Å². The maximum absolute atomic E-state index is 12.4. The van der Waals surface area contributed by atoms with Gasteiger partial charge in [0.25, 0.3) is 0 Å². The smallest absolute Gasteiger partial charge is 0.443 e. The summed E-state index contributed by atoms with van der Waals surface area (Å²) in [6.07, 6.45) is -3.58. The summed E-state index contributed by atoms with van der Waals surface area (Å²) < 4.78 is 42.4. The summed E-state index contributed by atoms with van der Waals surface area (Å²) in [5.41, 5.74) is 0.627. The normalized spacial score (nSPS) is 11.4. The second-order valence-electron chi connectivity index (χ2n) is 3.94. The number of halogens is 3. The lowest BCUT2D eigenvalue weighted by Crippen LogP contribution is -2.04. The fourth-order valence-corrected chi connectivity index (χ4v) is 2.36. The van der Waals surface area contributed by atoms with Gasteiger partial charge in [0.2, 0.25) is 0 Å². The number of rotatable bonds is 4. The number of hydrogen-bond acceptors (Lipinski definition) is 4. The Morgan fingerprint density at radius 1 is 1.35 bits per heavy atom. The molecule has 106 valence electrons. The predicted octanol–water partition coefficient (Wildman–Crippen LogP) is 3.60. The highest BCUT2D eigenvalue weighted by Crippen LogP contribution is 2.33. The van der Waals surface area contributed by atoms with Crippen LogP contribution in [0.2, 0.25) is 0 Å². The van der Waals surface area contributed by atoms with Gasteiger partial charge >= 0.3 is 6.18 Å². The van der Waals surface area contributed by atoms with E-state index in [0.717, 1.165) is 6.20 Å². The Balaban J connectivity index is 2.18. The van der Waals surface area contributed by atoms with E-state index in [1.165, 1.54) is 7.11 Å². The van der Waals surface area contributed by atoms with Crippen molar-refractivity contribution in [3.8, 4) is 5.75 Å². The average molecular weight is 301 g/mol. The number of nitrogens with zero attached hydrogens (tertiary/aromatic N) is 1. The quantitative estimate of drug-likeness (QED) is 0.810. The monoisotopic (exact) mass is 301 g/mol. The molecule has 0 saturated heterocycles.